The van der Waals surface area contributed by atoms with E-state index in [0.717, 1.165) is 77.0 Å². The molecule has 0 aliphatic heterocycles. The molecule has 3 atom stereocenters. The summed E-state index contributed by atoms with van der Waals surface area (Å²) in [6.45, 7) is 6.73. The molecule has 3 unspecified atom stereocenters. The number of allylic oxidation sites excluding steroid dienone is 9. The number of carbonyl (C=O) groups is 2. The van der Waals surface area contributed by atoms with Gasteiger partial charge in [0.25, 0.3) is 7.82 Å². The molecule has 0 aromatic carbocycles. The van der Waals surface area contributed by atoms with Gasteiger partial charge in [-0.1, -0.05) is 287 Å². The molecule has 462 valence electrons. The van der Waals surface area contributed by atoms with Crippen molar-refractivity contribution in [3.63, 3.8) is 0 Å². The van der Waals surface area contributed by atoms with Gasteiger partial charge in [-0.3, -0.25) is 14.2 Å². The normalized spacial score (nSPS) is 14.0. The molecule has 0 saturated heterocycles. The lowest BCUT2D eigenvalue weighted by atomic mass is 10.0. The molecular formula is C69H129N2O7P. The Morgan fingerprint density at radius 2 is 0.823 bits per heavy atom. The Labute approximate surface area is 490 Å². The molecule has 1 amide bonds. The molecule has 10 heteroatoms. The topological polar surface area (TPSA) is 114 Å². The van der Waals surface area contributed by atoms with Crippen LogP contribution >= 0.6 is 7.82 Å². The van der Waals surface area contributed by atoms with Crippen LogP contribution in [0, 0.1) is 0 Å². The van der Waals surface area contributed by atoms with Crippen molar-refractivity contribution in [1.29, 1.82) is 0 Å². The lowest BCUT2D eigenvalue weighted by molar-refractivity contribution is -0.870. The highest BCUT2D eigenvalue weighted by Crippen LogP contribution is 2.38. The Balaban J connectivity index is 5.09. The smallest absolute Gasteiger partial charge is 0.306 e. The van der Waals surface area contributed by atoms with Gasteiger partial charge in [0.1, 0.15) is 19.3 Å². The number of amides is 1. The highest BCUT2D eigenvalue weighted by molar-refractivity contribution is 7.45. The molecule has 0 fully saturated rings. The summed E-state index contributed by atoms with van der Waals surface area (Å²) in [7, 11) is 1.18. The monoisotopic (exact) mass is 1130 g/mol. The molecule has 0 heterocycles. The molecule has 0 aromatic heterocycles. The highest BCUT2D eigenvalue weighted by Gasteiger charge is 2.27. The van der Waals surface area contributed by atoms with Gasteiger partial charge in [-0.05, 0) is 76.7 Å². The van der Waals surface area contributed by atoms with E-state index in [9.17, 15) is 19.0 Å². The van der Waals surface area contributed by atoms with Crippen molar-refractivity contribution in [2.45, 2.75) is 328 Å². The second-order valence-electron chi connectivity index (χ2n) is 24.0. The van der Waals surface area contributed by atoms with Gasteiger partial charge in [0, 0.05) is 12.8 Å². The third-order valence-corrected chi connectivity index (χ3v) is 16.0. The number of esters is 1. The van der Waals surface area contributed by atoms with E-state index in [0.29, 0.717) is 17.4 Å². The van der Waals surface area contributed by atoms with Crippen molar-refractivity contribution < 1.29 is 37.3 Å². The Hall–Kier alpha value is -2.29. The molecule has 0 spiro atoms. The van der Waals surface area contributed by atoms with E-state index in [1.807, 2.05) is 33.3 Å². The number of quaternary nitrogens is 1. The van der Waals surface area contributed by atoms with Crippen LogP contribution in [0.1, 0.15) is 316 Å². The summed E-state index contributed by atoms with van der Waals surface area (Å²) in [5, 5.41) is 3.03. The zero-order valence-corrected chi connectivity index (χ0v) is 53.7. The molecule has 0 aliphatic carbocycles. The van der Waals surface area contributed by atoms with Crippen LogP contribution in [0.4, 0.5) is 0 Å². The number of hydrogen-bond donors (Lipinski definition) is 1. The van der Waals surface area contributed by atoms with Crippen LogP contribution in [0.5, 0.6) is 0 Å². The first-order valence-electron chi connectivity index (χ1n) is 33.6. The summed E-state index contributed by atoms with van der Waals surface area (Å²) in [4.78, 5) is 40.1. The molecule has 0 bridgehead atoms. The van der Waals surface area contributed by atoms with Gasteiger partial charge in [0.15, 0.2) is 0 Å². The van der Waals surface area contributed by atoms with Crippen molar-refractivity contribution in [2.75, 3.05) is 40.9 Å². The first-order valence-corrected chi connectivity index (χ1v) is 35.1. The van der Waals surface area contributed by atoms with E-state index in [1.165, 1.54) is 205 Å². The number of rotatable bonds is 61. The molecule has 9 nitrogen and oxygen atoms in total. The average molecular weight is 1130 g/mol. The van der Waals surface area contributed by atoms with Crippen LogP contribution in [0.15, 0.2) is 60.8 Å². The van der Waals surface area contributed by atoms with Gasteiger partial charge in [0.2, 0.25) is 5.91 Å². The number of nitrogens with zero attached hydrogens (tertiary/aromatic N) is 1. The number of nitrogens with one attached hydrogen (secondary N) is 1. The minimum Gasteiger partial charge on any atom is -0.756 e. The van der Waals surface area contributed by atoms with Crippen molar-refractivity contribution in [2.24, 2.45) is 0 Å². The Bertz CT molecular complexity index is 1540. The van der Waals surface area contributed by atoms with Crippen molar-refractivity contribution in [3.8, 4) is 0 Å². The zero-order chi connectivity index (χ0) is 57.9. The maximum atomic E-state index is 13.5. The number of ether oxygens (including phenoxy) is 1. The number of hydrogen-bond acceptors (Lipinski definition) is 7. The minimum absolute atomic E-state index is 0.0251. The summed E-state index contributed by atoms with van der Waals surface area (Å²) in [6, 6.07) is -0.895. The van der Waals surface area contributed by atoms with E-state index in [-0.39, 0.29) is 24.9 Å². The first kappa shape index (κ1) is 76.7. The summed E-state index contributed by atoms with van der Waals surface area (Å²) in [5.74, 6) is -0.545. The van der Waals surface area contributed by atoms with Crippen molar-refractivity contribution in [1.82, 2.24) is 5.32 Å². The predicted molar refractivity (Wildman–Crippen MR) is 339 cm³/mol. The fraction of sp³-hybridized carbons (Fsp3) is 0.826. The van der Waals surface area contributed by atoms with Crippen LogP contribution in [-0.4, -0.2) is 69.4 Å². The lowest BCUT2D eigenvalue weighted by Gasteiger charge is -2.30. The Morgan fingerprint density at radius 1 is 0.456 bits per heavy atom. The number of phosphoric ester groups is 1. The molecule has 0 saturated carbocycles. The molecular weight excluding hydrogens is 1000 g/mol. The van der Waals surface area contributed by atoms with Gasteiger partial charge in [-0.25, -0.2) is 0 Å². The average Bonchev–Trinajstić information content (AvgIpc) is 3.41. The molecule has 1 N–H and O–H groups in total. The lowest BCUT2D eigenvalue weighted by Crippen LogP contribution is -2.47. The third kappa shape index (κ3) is 60.1. The molecule has 0 aromatic rings. The van der Waals surface area contributed by atoms with Crippen LogP contribution in [0.2, 0.25) is 0 Å². The zero-order valence-electron chi connectivity index (χ0n) is 52.8. The Kier molecular flexibility index (Phi) is 57.2. The summed E-state index contributed by atoms with van der Waals surface area (Å²) >= 11 is 0. The molecule has 0 aliphatic rings. The minimum atomic E-state index is -4.70. The summed E-state index contributed by atoms with van der Waals surface area (Å²) in [5.41, 5.74) is 0. The second kappa shape index (κ2) is 58.9. The summed E-state index contributed by atoms with van der Waals surface area (Å²) < 4.78 is 30.4. The first-order chi connectivity index (χ1) is 38.4. The quantitative estimate of drug-likeness (QED) is 0.0161. The number of likely N-dealkylation sites (N-methyl/N-ethyl adjacent to an activating group) is 1. The fourth-order valence-electron chi connectivity index (χ4n) is 9.81. The van der Waals surface area contributed by atoms with E-state index in [1.54, 1.807) is 0 Å². The van der Waals surface area contributed by atoms with Crippen LogP contribution in [0.25, 0.3) is 0 Å². The maximum Gasteiger partial charge on any atom is 0.306 e. The van der Waals surface area contributed by atoms with Gasteiger partial charge in [-0.15, -0.1) is 0 Å². The van der Waals surface area contributed by atoms with Gasteiger partial charge in [0.05, 0.1) is 33.8 Å². The molecule has 79 heavy (non-hydrogen) atoms. The predicted octanol–water partition coefficient (Wildman–Crippen LogP) is 20.4. The molecule has 0 rings (SSSR count). The van der Waals surface area contributed by atoms with E-state index >= 15 is 0 Å². The maximum absolute atomic E-state index is 13.5. The van der Waals surface area contributed by atoms with Crippen molar-refractivity contribution in [3.05, 3.63) is 60.8 Å². The van der Waals surface area contributed by atoms with E-state index in [4.69, 9.17) is 13.8 Å². The fourth-order valence-corrected chi connectivity index (χ4v) is 10.5. The SMILES string of the molecule is CC/C=C/C=C/C=C/CCCCCCCCCC(=O)NC(COP(=O)([O-])OCC[N+](C)(C)C)C(/C=C\CCCCCCCCCCCCC)OC(=O)CCCCCCCCCCCCCCCCC/C=C/CCCCCCCC. The number of phosphoric acid groups is 1. The van der Waals surface area contributed by atoms with Crippen LogP contribution in [0.3, 0.4) is 0 Å². The van der Waals surface area contributed by atoms with E-state index in [2.05, 4.69) is 74.7 Å². The molecule has 0 radical (unpaired) electrons. The van der Waals surface area contributed by atoms with Gasteiger partial charge < -0.3 is 28.5 Å². The second-order valence-corrected chi connectivity index (χ2v) is 25.4. The van der Waals surface area contributed by atoms with Crippen molar-refractivity contribution >= 4 is 19.7 Å². The largest absolute Gasteiger partial charge is 0.756 e. The number of carbonyl (C=O) groups excluding carboxylic acids is 2. The van der Waals surface area contributed by atoms with Crippen LogP contribution in [-0.2, 0) is 27.9 Å². The van der Waals surface area contributed by atoms with Gasteiger partial charge in [-0.2, -0.15) is 0 Å². The highest BCUT2D eigenvalue weighted by atomic mass is 31.2. The van der Waals surface area contributed by atoms with Crippen LogP contribution < -0.4 is 10.2 Å². The number of unbranched alkanes of at least 4 members (excludes halogenated alkanes) is 39. The van der Waals surface area contributed by atoms with E-state index < -0.39 is 26.6 Å². The standard InChI is InChI=1S/C69H129N2O7P/c1-7-10-13-16-19-22-25-28-30-31-32-33-34-35-36-37-38-39-41-44-47-50-53-56-59-62-69(73)78-67(60-57-54-51-48-45-42-27-24-21-18-15-12-9-3)66(65-77-79(74,75)76-64-63-71(4,5)6)70-68(72)61-58-55-52-49-46-43-40-29-26-23-20-17-14-11-8-2/h11,14,17,20,23,26,28,30,57,60,66-67H,7-10,12-13,15-16,18-19,21-22,24-25,27,29,31-56,58-59,61-65H2,1-6H3,(H-,70,72,74,75)/b14-11+,20-17+,26-23+,30-28+,60-57-. The van der Waals surface area contributed by atoms with Gasteiger partial charge >= 0.3 is 5.97 Å². The third-order valence-electron chi connectivity index (χ3n) is 15.0. The summed E-state index contributed by atoms with van der Waals surface area (Å²) in [6.07, 6.45) is 74.8. The Morgan fingerprint density at radius 3 is 1.24 bits per heavy atom.